The predicted molar refractivity (Wildman–Crippen MR) is 82.7 cm³/mol. The Labute approximate surface area is 120 Å². The molecule has 0 aromatic heterocycles. The summed E-state index contributed by atoms with van der Waals surface area (Å²) in [5, 5.41) is 0.795. The molecule has 2 heteroatoms. The van der Waals surface area contributed by atoms with Gasteiger partial charge < -0.3 is 5.73 Å². The van der Waals surface area contributed by atoms with Crippen LogP contribution in [0.4, 0.5) is 0 Å². The SMILES string of the molecule is Cc1cccc(CC(C)(CN)c2ccccc2Cl)c1. The molecular weight excluding hydrogens is 254 g/mol. The van der Waals surface area contributed by atoms with Gasteiger partial charge in [-0.05, 0) is 30.5 Å². The zero-order valence-corrected chi connectivity index (χ0v) is 12.2. The van der Waals surface area contributed by atoms with Gasteiger partial charge in [0.1, 0.15) is 0 Å². The molecule has 2 aromatic rings. The van der Waals surface area contributed by atoms with E-state index >= 15 is 0 Å². The van der Waals surface area contributed by atoms with Crippen molar-refractivity contribution in [2.45, 2.75) is 25.7 Å². The van der Waals surface area contributed by atoms with E-state index in [1.807, 2.05) is 18.2 Å². The first-order chi connectivity index (χ1) is 9.05. The van der Waals surface area contributed by atoms with E-state index in [0.717, 1.165) is 17.0 Å². The van der Waals surface area contributed by atoms with Crippen molar-refractivity contribution in [1.82, 2.24) is 0 Å². The Hall–Kier alpha value is -1.31. The molecule has 0 spiro atoms. The van der Waals surface area contributed by atoms with Crippen LogP contribution in [-0.2, 0) is 11.8 Å². The lowest BCUT2D eigenvalue weighted by molar-refractivity contribution is 0.481. The molecule has 0 fully saturated rings. The van der Waals surface area contributed by atoms with E-state index in [4.69, 9.17) is 17.3 Å². The van der Waals surface area contributed by atoms with Crippen LogP contribution in [0.3, 0.4) is 0 Å². The van der Waals surface area contributed by atoms with E-state index in [9.17, 15) is 0 Å². The molecule has 2 rings (SSSR count). The normalized spacial score (nSPS) is 14.1. The molecule has 0 aliphatic heterocycles. The lowest BCUT2D eigenvalue weighted by Gasteiger charge is -2.30. The fourth-order valence-electron chi connectivity index (χ4n) is 2.50. The number of hydrogen-bond donors (Lipinski definition) is 1. The maximum atomic E-state index is 6.33. The third-order valence-electron chi connectivity index (χ3n) is 3.65. The van der Waals surface area contributed by atoms with Crippen LogP contribution in [0.1, 0.15) is 23.6 Å². The second-order valence-corrected chi connectivity index (χ2v) is 5.82. The lowest BCUT2D eigenvalue weighted by atomic mass is 9.77. The van der Waals surface area contributed by atoms with E-state index in [-0.39, 0.29) is 5.41 Å². The van der Waals surface area contributed by atoms with Gasteiger partial charge in [0.05, 0.1) is 0 Å². The Morgan fingerprint density at radius 1 is 1.11 bits per heavy atom. The maximum Gasteiger partial charge on any atom is 0.0444 e. The number of nitrogens with two attached hydrogens (primary N) is 1. The summed E-state index contributed by atoms with van der Waals surface area (Å²) in [5.74, 6) is 0. The van der Waals surface area contributed by atoms with Gasteiger partial charge in [-0.15, -0.1) is 0 Å². The van der Waals surface area contributed by atoms with Gasteiger partial charge in [0, 0.05) is 17.0 Å². The van der Waals surface area contributed by atoms with Gasteiger partial charge in [0.25, 0.3) is 0 Å². The summed E-state index contributed by atoms with van der Waals surface area (Å²) in [5.41, 5.74) is 9.60. The molecule has 0 heterocycles. The molecule has 0 saturated carbocycles. The second-order valence-electron chi connectivity index (χ2n) is 5.41. The van der Waals surface area contributed by atoms with Crippen LogP contribution in [0, 0.1) is 6.92 Å². The highest BCUT2D eigenvalue weighted by Crippen LogP contribution is 2.32. The summed E-state index contributed by atoms with van der Waals surface area (Å²) in [7, 11) is 0. The summed E-state index contributed by atoms with van der Waals surface area (Å²) in [6, 6.07) is 16.5. The summed E-state index contributed by atoms with van der Waals surface area (Å²) in [6.45, 7) is 4.86. The largest absolute Gasteiger partial charge is 0.330 e. The van der Waals surface area contributed by atoms with Crippen molar-refractivity contribution < 1.29 is 0 Å². The number of aryl methyl sites for hydroxylation is 1. The van der Waals surface area contributed by atoms with Crippen LogP contribution in [0.2, 0.25) is 5.02 Å². The van der Waals surface area contributed by atoms with Crippen molar-refractivity contribution in [2.24, 2.45) is 5.73 Å². The molecule has 1 unspecified atom stereocenters. The average Bonchev–Trinajstić information content (AvgIpc) is 2.39. The number of benzene rings is 2. The molecule has 19 heavy (non-hydrogen) atoms. The van der Waals surface area contributed by atoms with Crippen LogP contribution < -0.4 is 5.73 Å². The Balaban J connectivity index is 2.36. The third kappa shape index (κ3) is 3.17. The first kappa shape index (κ1) is 14.1. The van der Waals surface area contributed by atoms with Gasteiger partial charge in [-0.3, -0.25) is 0 Å². The van der Waals surface area contributed by atoms with Gasteiger partial charge in [-0.2, -0.15) is 0 Å². The minimum atomic E-state index is -0.133. The molecule has 2 aromatic carbocycles. The third-order valence-corrected chi connectivity index (χ3v) is 3.98. The van der Waals surface area contributed by atoms with E-state index in [0.29, 0.717) is 6.54 Å². The number of halogens is 1. The first-order valence-corrected chi connectivity index (χ1v) is 6.93. The van der Waals surface area contributed by atoms with Crippen LogP contribution >= 0.6 is 11.6 Å². The Kier molecular flexibility index (Phi) is 4.28. The fraction of sp³-hybridized carbons (Fsp3) is 0.294. The van der Waals surface area contributed by atoms with Crippen molar-refractivity contribution in [2.75, 3.05) is 6.54 Å². The molecule has 2 N–H and O–H groups in total. The van der Waals surface area contributed by atoms with E-state index in [2.05, 4.69) is 44.2 Å². The minimum Gasteiger partial charge on any atom is -0.330 e. The highest BCUT2D eigenvalue weighted by Gasteiger charge is 2.27. The van der Waals surface area contributed by atoms with Gasteiger partial charge in [-0.25, -0.2) is 0 Å². The quantitative estimate of drug-likeness (QED) is 0.891. The molecule has 0 radical (unpaired) electrons. The highest BCUT2D eigenvalue weighted by atomic mass is 35.5. The fourth-order valence-corrected chi connectivity index (χ4v) is 2.86. The standard InChI is InChI=1S/C17H20ClN/c1-13-6-5-7-14(10-13)11-17(2,12-19)15-8-3-4-9-16(15)18/h3-10H,11-12,19H2,1-2H3. The average molecular weight is 274 g/mol. The van der Waals surface area contributed by atoms with Crippen LogP contribution in [0.5, 0.6) is 0 Å². The van der Waals surface area contributed by atoms with Crippen LogP contribution in [0.25, 0.3) is 0 Å². The lowest BCUT2D eigenvalue weighted by Crippen LogP contribution is -2.34. The molecule has 1 atom stereocenters. The molecule has 0 saturated heterocycles. The molecule has 0 amide bonds. The van der Waals surface area contributed by atoms with Gasteiger partial charge in [0.15, 0.2) is 0 Å². The highest BCUT2D eigenvalue weighted by molar-refractivity contribution is 6.31. The molecule has 0 bridgehead atoms. The Bertz CT molecular complexity index is 565. The molecule has 0 aliphatic rings. The van der Waals surface area contributed by atoms with Crippen molar-refractivity contribution in [3.8, 4) is 0 Å². The smallest absolute Gasteiger partial charge is 0.0444 e. The zero-order chi connectivity index (χ0) is 13.9. The van der Waals surface area contributed by atoms with Gasteiger partial charge in [0.2, 0.25) is 0 Å². The predicted octanol–water partition coefficient (Wildman–Crippen LogP) is 4.11. The maximum absolute atomic E-state index is 6.33. The summed E-state index contributed by atoms with van der Waals surface area (Å²) in [4.78, 5) is 0. The summed E-state index contributed by atoms with van der Waals surface area (Å²) in [6.07, 6.45) is 0.898. The minimum absolute atomic E-state index is 0.133. The first-order valence-electron chi connectivity index (χ1n) is 6.56. The molecule has 100 valence electrons. The van der Waals surface area contributed by atoms with Gasteiger partial charge >= 0.3 is 0 Å². The zero-order valence-electron chi connectivity index (χ0n) is 11.5. The van der Waals surface area contributed by atoms with Crippen LogP contribution in [0.15, 0.2) is 48.5 Å². The second kappa shape index (κ2) is 5.77. The van der Waals surface area contributed by atoms with Crippen molar-refractivity contribution in [3.63, 3.8) is 0 Å². The monoisotopic (exact) mass is 273 g/mol. The number of rotatable bonds is 4. The van der Waals surface area contributed by atoms with Crippen molar-refractivity contribution in [1.29, 1.82) is 0 Å². The molecular formula is C17H20ClN. The Morgan fingerprint density at radius 2 is 1.84 bits per heavy atom. The summed E-state index contributed by atoms with van der Waals surface area (Å²) >= 11 is 6.33. The van der Waals surface area contributed by atoms with E-state index in [1.165, 1.54) is 11.1 Å². The van der Waals surface area contributed by atoms with Crippen molar-refractivity contribution in [3.05, 3.63) is 70.2 Å². The topological polar surface area (TPSA) is 26.0 Å². The number of hydrogen-bond acceptors (Lipinski definition) is 1. The summed E-state index contributed by atoms with van der Waals surface area (Å²) < 4.78 is 0. The van der Waals surface area contributed by atoms with Crippen molar-refractivity contribution >= 4 is 11.6 Å². The Morgan fingerprint density at radius 3 is 2.47 bits per heavy atom. The van der Waals surface area contributed by atoms with Crippen LogP contribution in [-0.4, -0.2) is 6.54 Å². The van der Waals surface area contributed by atoms with E-state index < -0.39 is 0 Å². The van der Waals surface area contributed by atoms with E-state index in [1.54, 1.807) is 0 Å². The van der Waals surface area contributed by atoms with Gasteiger partial charge in [-0.1, -0.05) is 66.6 Å². The molecule has 1 nitrogen and oxygen atoms in total. The molecule has 0 aliphatic carbocycles.